The van der Waals surface area contributed by atoms with E-state index in [0.717, 1.165) is 0 Å². The van der Waals surface area contributed by atoms with Crippen molar-refractivity contribution in [3.63, 3.8) is 0 Å². The molecular formula is C29H23N. The molecule has 1 heterocycles. The van der Waals surface area contributed by atoms with Crippen LogP contribution in [-0.2, 0) is 5.41 Å². The Balaban J connectivity index is 1.73. The molecule has 144 valence electrons. The van der Waals surface area contributed by atoms with Gasteiger partial charge in [0.2, 0.25) is 0 Å². The van der Waals surface area contributed by atoms with Crippen molar-refractivity contribution in [3.8, 4) is 0 Å². The third-order valence-electron chi connectivity index (χ3n) is 7.52. The first-order valence-corrected chi connectivity index (χ1v) is 10.6. The topological polar surface area (TPSA) is 12.4 Å². The predicted octanol–water partition coefficient (Wildman–Crippen LogP) is 6.49. The molecule has 2 atom stereocenters. The molecule has 1 fully saturated rings. The van der Waals surface area contributed by atoms with Crippen LogP contribution in [0, 0.1) is 10.8 Å². The Morgan fingerprint density at radius 1 is 0.667 bits per heavy atom. The fourth-order valence-electron chi connectivity index (χ4n) is 6.44. The number of aliphatic imine (C=N–C) groups is 1. The van der Waals surface area contributed by atoms with Crippen LogP contribution in [0.15, 0.2) is 132 Å². The van der Waals surface area contributed by atoms with Gasteiger partial charge in [-0.2, -0.15) is 0 Å². The van der Waals surface area contributed by atoms with Crippen molar-refractivity contribution in [2.24, 2.45) is 15.8 Å². The number of rotatable bonds is 3. The van der Waals surface area contributed by atoms with E-state index in [-0.39, 0.29) is 16.2 Å². The summed E-state index contributed by atoms with van der Waals surface area (Å²) in [7, 11) is 0. The highest BCUT2D eigenvalue weighted by molar-refractivity contribution is 6.12. The van der Waals surface area contributed by atoms with Gasteiger partial charge in [0.15, 0.2) is 0 Å². The van der Waals surface area contributed by atoms with Crippen molar-refractivity contribution in [2.75, 3.05) is 0 Å². The summed E-state index contributed by atoms with van der Waals surface area (Å²) in [5.74, 6) is 0. The number of hydrogen-bond acceptors (Lipinski definition) is 1. The van der Waals surface area contributed by atoms with Crippen LogP contribution in [0.2, 0.25) is 0 Å². The molecule has 3 aromatic rings. The summed E-state index contributed by atoms with van der Waals surface area (Å²) in [6.45, 7) is 2.41. The van der Waals surface area contributed by atoms with Crippen molar-refractivity contribution >= 4 is 5.71 Å². The van der Waals surface area contributed by atoms with Crippen molar-refractivity contribution in [3.05, 3.63) is 144 Å². The second kappa shape index (κ2) is 6.03. The molecule has 1 aliphatic heterocycles. The Hall–Kier alpha value is -3.45. The molecule has 30 heavy (non-hydrogen) atoms. The van der Waals surface area contributed by atoms with Gasteiger partial charge in [0.25, 0.3) is 0 Å². The summed E-state index contributed by atoms with van der Waals surface area (Å²) >= 11 is 0. The molecule has 3 aromatic carbocycles. The summed E-state index contributed by atoms with van der Waals surface area (Å²) in [6, 6.07) is 32.7. The van der Waals surface area contributed by atoms with E-state index in [4.69, 9.17) is 4.99 Å². The highest BCUT2D eigenvalue weighted by atomic mass is 14.9. The molecule has 6 rings (SSSR count). The Morgan fingerprint density at radius 2 is 1.23 bits per heavy atom. The Labute approximate surface area is 177 Å². The van der Waals surface area contributed by atoms with E-state index in [9.17, 15) is 0 Å². The minimum Gasteiger partial charge on any atom is -0.260 e. The molecule has 1 spiro atoms. The second-order valence-electron chi connectivity index (χ2n) is 8.56. The minimum atomic E-state index is -0.221. The van der Waals surface area contributed by atoms with Crippen LogP contribution in [0.4, 0.5) is 0 Å². The summed E-state index contributed by atoms with van der Waals surface area (Å²) in [4.78, 5) is 5.09. The van der Waals surface area contributed by atoms with Gasteiger partial charge in [0, 0.05) is 22.4 Å². The molecule has 0 aromatic heterocycles. The summed E-state index contributed by atoms with van der Waals surface area (Å²) in [5, 5.41) is 0. The molecule has 0 saturated heterocycles. The first-order chi connectivity index (χ1) is 14.8. The van der Waals surface area contributed by atoms with Crippen LogP contribution >= 0.6 is 0 Å². The van der Waals surface area contributed by atoms with Crippen LogP contribution in [0.5, 0.6) is 0 Å². The van der Waals surface area contributed by atoms with E-state index in [1.165, 1.54) is 28.0 Å². The quantitative estimate of drug-likeness (QED) is 0.488. The lowest BCUT2D eigenvalue weighted by Gasteiger charge is -2.27. The Kier molecular flexibility index (Phi) is 3.50. The number of allylic oxidation sites excluding steroid dienone is 5. The van der Waals surface area contributed by atoms with E-state index in [1.54, 1.807) is 0 Å². The van der Waals surface area contributed by atoms with E-state index in [2.05, 4.69) is 128 Å². The average molecular weight is 386 g/mol. The normalized spacial score (nSPS) is 27.5. The van der Waals surface area contributed by atoms with Gasteiger partial charge in [-0.05, 0) is 22.3 Å². The van der Waals surface area contributed by atoms with Gasteiger partial charge in [-0.1, -0.05) is 122 Å². The summed E-state index contributed by atoms with van der Waals surface area (Å²) < 4.78 is 0. The first-order valence-electron chi connectivity index (χ1n) is 10.6. The Morgan fingerprint density at radius 3 is 1.83 bits per heavy atom. The fraction of sp³-hybridized carbons (Fsp3) is 0.138. The molecular weight excluding hydrogens is 362 g/mol. The first kappa shape index (κ1) is 17.4. The molecule has 0 radical (unpaired) electrons. The van der Waals surface area contributed by atoms with Gasteiger partial charge in [0.1, 0.15) is 0 Å². The molecule has 0 amide bonds. The van der Waals surface area contributed by atoms with Crippen molar-refractivity contribution in [1.82, 2.24) is 0 Å². The van der Waals surface area contributed by atoms with Crippen LogP contribution in [0.25, 0.3) is 0 Å². The summed E-state index contributed by atoms with van der Waals surface area (Å²) in [6.07, 6.45) is 11.1. The fourth-order valence-corrected chi connectivity index (χ4v) is 6.44. The van der Waals surface area contributed by atoms with Crippen molar-refractivity contribution in [2.45, 2.75) is 12.3 Å². The lowest BCUT2D eigenvalue weighted by molar-refractivity contribution is 0.613. The summed E-state index contributed by atoms with van der Waals surface area (Å²) in [5.41, 5.74) is 5.76. The largest absolute Gasteiger partial charge is 0.260 e. The molecule has 1 saturated carbocycles. The van der Waals surface area contributed by atoms with Gasteiger partial charge >= 0.3 is 0 Å². The van der Waals surface area contributed by atoms with Crippen LogP contribution < -0.4 is 0 Å². The molecule has 3 aliphatic rings. The third kappa shape index (κ3) is 1.82. The lowest BCUT2D eigenvalue weighted by atomic mass is 9.75. The smallest absolute Gasteiger partial charge is 0.0560 e. The van der Waals surface area contributed by atoms with E-state index in [1.807, 2.05) is 0 Å². The monoisotopic (exact) mass is 385 g/mol. The van der Waals surface area contributed by atoms with Gasteiger partial charge in [0.05, 0.1) is 5.71 Å². The zero-order valence-electron chi connectivity index (χ0n) is 17.0. The molecule has 2 aliphatic carbocycles. The third-order valence-corrected chi connectivity index (χ3v) is 7.52. The number of benzene rings is 3. The predicted molar refractivity (Wildman–Crippen MR) is 124 cm³/mol. The second-order valence-corrected chi connectivity index (χ2v) is 8.56. The maximum atomic E-state index is 5.09. The van der Waals surface area contributed by atoms with E-state index < -0.39 is 0 Å². The van der Waals surface area contributed by atoms with Gasteiger partial charge in [-0.15, -0.1) is 0 Å². The van der Waals surface area contributed by atoms with E-state index in [0.29, 0.717) is 0 Å². The molecule has 1 nitrogen and oxygen atoms in total. The van der Waals surface area contributed by atoms with Crippen LogP contribution in [0.1, 0.15) is 23.6 Å². The molecule has 2 unspecified atom stereocenters. The molecule has 0 bridgehead atoms. The van der Waals surface area contributed by atoms with Crippen LogP contribution in [0.3, 0.4) is 0 Å². The zero-order chi connectivity index (χ0) is 20.2. The van der Waals surface area contributed by atoms with Crippen molar-refractivity contribution in [1.29, 1.82) is 0 Å². The Bertz CT molecular complexity index is 1190. The maximum absolute atomic E-state index is 5.09. The van der Waals surface area contributed by atoms with Gasteiger partial charge in [-0.25, -0.2) is 0 Å². The molecule has 1 heteroatoms. The van der Waals surface area contributed by atoms with Crippen LogP contribution in [-0.4, -0.2) is 5.71 Å². The lowest BCUT2D eigenvalue weighted by Crippen LogP contribution is -2.27. The average Bonchev–Trinajstić information content (AvgIpc) is 3.33. The number of hydrogen-bond donors (Lipinski definition) is 0. The SMILES string of the molecule is CC12C(c3ccccc3)=NC=C3C=CC=CC31C2(c1ccccc1)c1ccccc1. The zero-order valence-corrected chi connectivity index (χ0v) is 17.0. The van der Waals surface area contributed by atoms with Gasteiger partial charge < -0.3 is 0 Å². The van der Waals surface area contributed by atoms with Gasteiger partial charge in [-0.3, -0.25) is 4.99 Å². The van der Waals surface area contributed by atoms with E-state index >= 15 is 0 Å². The van der Waals surface area contributed by atoms with Crippen molar-refractivity contribution < 1.29 is 0 Å². The highest BCUT2D eigenvalue weighted by Crippen LogP contribution is 2.86. The maximum Gasteiger partial charge on any atom is 0.0560 e. The minimum absolute atomic E-state index is 0.162. The number of nitrogens with zero attached hydrogens (tertiary/aromatic N) is 1. The molecule has 0 N–H and O–H groups in total. The standard InChI is InChI=1S/C29H23N/c1-27-26(22-13-5-2-6-14-22)30-21-25-19-11-12-20-28(25,27)29(27,23-15-7-3-8-16-23)24-17-9-4-10-18-24/h2-21H,1H3. The highest BCUT2D eigenvalue weighted by Gasteiger charge is 2.87.